The molecule has 6 heteroatoms. The Morgan fingerprint density at radius 3 is 2.44 bits per heavy atom. The van der Waals surface area contributed by atoms with Gasteiger partial charge in [0.15, 0.2) is 0 Å². The van der Waals surface area contributed by atoms with Gasteiger partial charge >= 0.3 is 0 Å². The number of nitrogens with zero attached hydrogens (tertiary/aromatic N) is 1. The van der Waals surface area contributed by atoms with Crippen LogP contribution in [0.25, 0.3) is 11.1 Å². The monoisotopic (exact) mass is 368 g/mol. The first-order chi connectivity index (χ1) is 13.0. The van der Waals surface area contributed by atoms with E-state index in [9.17, 15) is 19.8 Å². The zero-order valence-electron chi connectivity index (χ0n) is 15.1. The number of phenols is 1. The van der Waals surface area contributed by atoms with E-state index in [0.717, 1.165) is 30.4 Å². The van der Waals surface area contributed by atoms with Crippen molar-refractivity contribution in [1.82, 2.24) is 4.90 Å². The molecule has 4 N–H and O–H groups in total. The van der Waals surface area contributed by atoms with E-state index in [1.54, 1.807) is 35.2 Å². The van der Waals surface area contributed by atoms with Gasteiger partial charge in [-0.3, -0.25) is 9.59 Å². The molecular weight excluding hydrogens is 344 g/mol. The highest BCUT2D eigenvalue weighted by Crippen LogP contribution is 2.27. The van der Waals surface area contributed by atoms with E-state index in [-0.39, 0.29) is 36.6 Å². The molecule has 142 valence electrons. The number of aliphatic hydroxyl groups excluding tert-OH is 1. The molecule has 0 bridgehead atoms. The first-order valence-electron chi connectivity index (χ1n) is 9.12. The molecule has 2 amide bonds. The third-order valence-electron chi connectivity index (χ3n) is 5.04. The van der Waals surface area contributed by atoms with Crippen molar-refractivity contribution in [2.24, 2.45) is 5.73 Å². The number of nitrogens with two attached hydrogens (primary N) is 1. The molecule has 0 spiro atoms. The van der Waals surface area contributed by atoms with Crippen molar-refractivity contribution >= 4 is 11.8 Å². The predicted molar refractivity (Wildman–Crippen MR) is 102 cm³/mol. The van der Waals surface area contributed by atoms with Gasteiger partial charge in [0.1, 0.15) is 5.75 Å². The smallest absolute Gasteiger partial charge is 0.254 e. The number of carbonyl (C=O) groups excluding carboxylic acids is 2. The second kappa shape index (κ2) is 8.22. The van der Waals surface area contributed by atoms with E-state index in [4.69, 9.17) is 5.73 Å². The minimum absolute atomic E-state index is 0.0543. The minimum atomic E-state index is -0.387. The number of primary amides is 1. The van der Waals surface area contributed by atoms with E-state index < -0.39 is 0 Å². The van der Waals surface area contributed by atoms with E-state index >= 15 is 0 Å². The number of aromatic hydroxyl groups is 1. The Morgan fingerprint density at radius 2 is 1.78 bits per heavy atom. The molecule has 0 aromatic heterocycles. The molecule has 0 unspecified atom stereocenters. The first kappa shape index (κ1) is 18.9. The summed E-state index contributed by atoms with van der Waals surface area (Å²) < 4.78 is 0. The van der Waals surface area contributed by atoms with Crippen LogP contribution in [0.15, 0.2) is 42.5 Å². The number of piperidine rings is 1. The number of carbonyl (C=O) groups is 2. The number of likely N-dealkylation sites (tertiary alicyclic amines) is 1. The van der Waals surface area contributed by atoms with E-state index in [2.05, 4.69) is 0 Å². The van der Waals surface area contributed by atoms with Crippen LogP contribution in [-0.2, 0) is 11.4 Å². The molecule has 1 aliphatic heterocycles. The summed E-state index contributed by atoms with van der Waals surface area (Å²) in [5.74, 6) is -0.421. The Morgan fingerprint density at radius 1 is 1.07 bits per heavy atom. The minimum Gasteiger partial charge on any atom is -0.508 e. The Bertz CT molecular complexity index is 833. The van der Waals surface area contributed by atoms with Gasteiger partial charge in [-0.25, -0.2) is 0 Å². The summed E-state index contributed by atoms with van der Waals surface area (Å²) in [6.45, 7) is 0.392. The number of rotatable bonds is 5. The lowest BCUT2D eigenvalue weighted by Gasteiger charge is -2.35. The summed E-state index contributed by atoms with van der Waals surface area (Å²) in [6, 6.07) is 12.1. The van der Waals surface area contributed by atoms with Crippen LogP contribution in [0.3, 0.4) is 0 Å². The molecule has 3 rings (SSSR count). The number of benzene rings is 2. The lowest BCUT2D eigenvalue weighted by atomic mass is 9.97. The standard InChI is InChI=1S/C21H24N2O4/c22-20(26)12-18-3-1-2-10-23(18)21(27)15-6-4-14(5-7-15)16-8-9-19(25)17(11-16)13-24/h4-9,11,18,24-25H,1-3,10,12-13H2,(H2,22,26)/t18-/m1/s1. The average molecular weight is 368 g/mol. The van der Waals surface area contributed by atoms with Crippen molar-refractivity contribution in [1.29, 1.82) is 0 Å². The van der Waals surface area contributed by atoms with Crippen molar-refractivity contribution in [2.45, 2.75) is 38.3 Å². The van der Waals surface area contributed by atoms with Crippen molar-refractivity contribution in [3.8, 4) is 16.9 Å². The molecule has 2 aromatic carbocycles. The van der Waals surface area contributed by atoms with Crippen LogP contribution in [0.4, 0.5) is 0 Å². The third-order valence-corrected chi connectivity index (χ3v) is 5.04. The van der Waals surface area contributed by atoms with Crippen LogP contribution in [0.1, 0.15) is 41.6 Å². The summed E-state index contributed by atoms with van der Waals surface area (Å²) in [4.78, 5) is 25.9. The second-order valence-corrected chi connectivity index (χ2v) is 6.90. The van der Waals surface area contributed by atoms with Crippen LogP contribution in [0.2, 0.25) is 0 Å². The predicted octanol–water partition coefficient (Wildman–Crippen LogP) is 2.42. The highest BCUT2D eigenvalue weighted by atomic mass is 16.3. The summed E-state index contributed by atoms with van der Waals surface area (Å²) in [5.41, 5.74) is 8.08. The van der Waals surface area contributed by atoms with E-state index in [0.29, 0.717) is 17.7 Å². The highest BCUT2D eigenvalue weighted by molar-refractivity contribution is 5.95. The van der Waals surface area contributed by atoms with Crippen LogP contribution >= 0.6 is 0 Å². The lowest BCUT2D eigenvalue weighted by Crippen LogP contribution is -2.45. The molecule has 1 aliphatic rings. The van der Waals surface area contributed by atoms with Crippen molar-refractivity contribution in [3.05, 3.63) is 53.6 Å². The second-order valence-electron chi connectivity index (χ2n) is 6.90. The fourth-order valence-electron chi connectivity index (χ4n) is 3.58. The Hall–Kier alpha value is -2.86. The SMILES string of the molecule is NC(=O)C[C@H]1CCCCN1C(=O)c1ccc(-c2ccc(O)c(CO)c2)cc1. The normalized spacial score (nSPS) is 16.9. The van der Waals surface area contributed by atoms with Crippen molar-refractivity contribution in [2.75, 3.05) is 6.54 Å². The zero-order chi connectivity index (χ0) is 19.4. The van der Waals surface area contributed by atoms with Crippen LogP contribution in [0, 0.1) is 0 Å². The highest BCUT2D eigenvalue weighted by Gasteiger charge is 2.28. The maximum Gasteiger partial charge on any atom is 0.254 e. The molecule has 0 radical (unpaired) electrons. The Balaban J connectivity index is 1.80. The van der Waals surface area contributed by atoms with Gasteiger partial charge < -0.3 is 20.8 Å². The van der Waals surface area contributed by atoms with Gasteiger partial charge in [-0.15, -0.1) is 0 Å². The van der Waals surface area contributed by atoms with Gasteiger partial charge in [0, 0.05) is 30.1 Å². The van der Waals surface area contributed by atoms with Gasteiger partial charge in [-0.2, -0.15) is 0 Å². The summed E-state index contributed by atoms with van der Waals surface area (Å²) in [5, 5.41) is 19.0. The summed E-state index contributed by atoms with van der Waals surface area (Å²) >= 11 is 0. The zero-order valence-corrected chi connectivity index (χ0v) is 15.1. The molecular formula is C21H24N2O4. The van der Waals surface area contributed by atoms with E-state index in [1.807, 2.05) is 12.1 Å². The Labute approximate surface area is 158 Å². The number of amides is 2. The molecule has 0 saturated carbocycles. The van der Waals surface area contributed by atoms with Crippen LogP contribution < -0.4 is 5.73 Å². The molecule has 1 fully saturated rings. The number of hydrogen-bond acceptors (Lipinski definition) is 4. The van der Waals surface area contributed by atoms with Gasteiger partial charge in [0.05, 0.1) is 6.61 Å². The average Bonchev–Trinajstić information content (AvgIpc) is 2.68. The third kappa shape index (κ3) is 4.28. The molecule has 1 saturated heterocycles. The van der Waals surface area contributed by atoms with Gasteiger partial charge in [-0.1, -0.05) is 18.2 Å². The lowest BCUT2D eigenvalue weighted by molar-refractivity contribution is -0.119. The molecule has 0 aliphatic carbocycles. The van der Waals surface area contributed by atoms with Crippen LogP contribution in [0.5, 0.6) is 5.75 Å². The van der Waals surface area contributed by atoms with Gasteiger partial charge in [0.2, 0.25) is 5.91 Å². The van der Waals surface area contributed by atoms with Gasteiger partial charge in [-0.05, 0) is 54.7 Å². The number of aliphatic hydroxyl groups is 1. The van der Waals surface area contributed by atoms with Crippen LogP contribution in [-0.4, -0.2) is 39.5 Å². The molecule has 6 nitrogen and oxygen atoms in total. The molecule has 2 aromatic rings. The van der Waals surface area contributed by atoms with Crippen molar-refractivity contribution < 1.29 is 19.8 Å². The fourth-order valence-corrected chi connectivity index (χ4v) is 3.58. The molecule has 27 heavy (non-hydrogen) atoms. The fraction of sp³-hybridized carbons (Fsp3) is 0.333. The quantitative estimate of drug-likeness (QED) is 0.754. The summed E-state index contributed by atoms with van der Waals surface area (Å²) in [7, 11) is 0. The van der Waals surface area contributed by atoms with Gasteiger partial charge in [0.25, 0.3) is 5.91 Å². The largest absolute Gasteiger partial charge is 0.508 e. The van der Waals surface area contributed by atoms with Crippen molar-refractivity contribution in [3.63, 3.8) is 0 Å². The first-order valence-corrected chi connectivity index (χ1v) is 9.12. The summed E-state index contributed by atoms with van der Waals surface area (Å²) in [6.07, 6.45) is 2.91. The maximum atomic E-state index is 12.9. The maximum absolute atomic E-state index is 12.9. The molecule has 1 atom stereocenters. The topological polar surface area (TPSA) is 104 Å². The van der Waals surface area contributed by atoms with E-state index in [1.165, 1.54) is 0 Å². The Kier molecular flexibility index (Phi) is 5.76. The molecule has 1 heterocycles. The number of hydrogen-bond donors (Lipinski definition) is 3.